The summed E-state index contributed by atoms with van der Waals surface area (Å²) in [6.45, 7) is 5.71. The van der Waals surface area contributed by atoms with Gasteiger partial charge in [0.05, 0.1) is 26.3 Å². The van der Waals surface area contributed by atoms with Gasteiger partial charge in [-0.3, -0.25) is 0 Å². The van der Waals surface area contributed by atoms with Crippen molar-refractivity contribution in [3.05, 3.63) is 49.9 Å². The lowest BCUT2D eigenvalue weighted by molar-refractivity contribution is 0.313. The summed E-state index contributed by atoms with van der Waals surface area (Å²) >= 11 is 13.8. The van der Waals surface area contributed by atoms with E-state index >= 15 is 0 Å². The van der Waals surface area contributed by atoms with Gasteiger partial charge in [-0.05, 0) is 93.4 Å². The molecule has 0 atom stereocenters. The Morgan fingerprint density at radius 1 is 1.07 bits per heavy atom. The number of rotatable bonds is 7. The van der Waals surface area contributed by atoms with Gasteiger partial charge in [0, 0.05) is 25.3 Å². The van der Waals surface area contributed by atoms with Crippen molar-refractivity contribution in [1.29, 1.82) is 0 Å². The van der Waals surface area contributed by atoms with Gasteiger partial charge >= 0.3 is 0 Å². The molecule has 27 heavy (non-hydrogen) atoms. The fourth-order valence-electron chi connectivity index (χ4n) is 3.27. The van der Waals surface area contributed by atoms with Crippen LogP contribution in [0.25, 0.3) is 0 Å². The van der Waals surface area contributed by atoms with Crippen molar-refractivity contribution >= 4 is 54.8 Å². The molecule has 0 radical (unpaired) electrons. The third kappa shape index (κ3) is 5.55. The van der Waals surface area contributed by atoms with E-state index in [1.165, 1.54) is 19.3 Å². The number of nitrogens with zero attached hydrogens (tertiary/aromatic N) is 1. The van der Waals surface area contributed by atoms with Gasteiger partial charge in [-0.15, -0.1) is 0 Å². The molecule has 0 saturated carbocycles. The lowest BCUT2D eigenvalue weighted by Gasteiger charge is -2.29. The van der Waals surface area contributed by atoms with E-state index in [-0.39, 0.29) is 0 Å². The zero-order valence-electron chi connectivity index (χ0n) is 15.5. The van der Waals surface area contributed by atoms with E-state index in [1.807, 2.05) is 6.07 Å². The van der Waals surface area contributed by atoms with Crippen LogP contribution < -0.4 is 15.0 Å². The topological polar surface area (TPSA) is 24.5 Å². The molecular weight excluding hydrogens is 492 g/mol. The molecule has 6 heteroatoms. The molecule has 0 aliphatic carbocycles. The largest absolute Gasteiger partial charge is 0.491 e. The van der Waals surface area contributed by atoms with Crippen LogP contribution in [0.5, 0.6) is 5.75 Å². The molecular formula is C21H25Br2ClN2O. The first kappa shape index (κ1) is 20.8. The summed E-state index contributed by atoms with van der Waals surface area (Å²) in [7, 11) is 0. The van der Waals surface area contributed by atoms with E-state index < -0.39 is 0 Å². The summed E-state index contributed by atoms with van der Waals surface area (Å²) in [4.78, 5) is 2.39. The van der Waals surface area contributed by atoms with E-state index in [0.29, 0.717) is 13.2 Å². The molecule has 2 aromatic rings. The molecule has 1 heterocycles. The third-order valence-electron chi connectivity index (χ3n) is 4.65. The number of benzene rings is 2. The Kier molecular flexibility index (Phi) is 7.74. The van der Waals surface area contributed by atoms with Gasteiger partial charge in [0.25, 0.3) is 0 Å². The van der Waals surface area contributed by atoms with Crippen molar-refractivity contribution in [2.24, 2.45) is 0 Å². The molecule has 0 unspecified atom stereocenters. The Hall–Kier alpha value is -0.910. The molecule has 0 bridgehead atoms. The minimum atomic E-state index is 0.705. The van der Waals surface area contributed by atoms with Crippen LogP contribution in [0.1, 0.15) is 38.2 Å². The predicted octanol–water partition coefficient (Wildman–Crippen LogP) is 7.26. The Bertz CT molecular complexity index is 756. The molecule has 3 nitrogen and oxygen atoms in total. The van der Waals surface area contributed by atoms with Gasteiger partial charge < -0.3 is 15.0 Å². The summed E-state index contributed by atoms with van der Waals surface area (Å²) < 4.78 is 7.70. The van der Waals surface area contributed by atoms with Gasteiger partial charge in [-0.1, -0.05) is 18.5 Å². The minimum absolute atomic E-state index is 0.705. The maximum atomic E-state index is 6.55. The average Bonchev–Trinajstić information content (AvgIpc) is 2.66. The standard InChI is InChI=1S/C21H25Br2ClN2O/c1-2-10-27-21-17(22)11-15(12-18(21)23)14-25-16-6-7-20(19(24)13-16)26-8-4-3-5-9-26/h6-7,11-13,25H,2-5,8-10,14H2,1H3. The first-order chi connectivity index (χ1) is 13.1. The molecule has 1 aliphatic rings. The van der Waals surface area contributed by atoms with E-state index in [4.69, 9.17) is 16.3 Å². The first-order valence-electron chi connectivity index (χ1n) is 9.47. The van der Waals surface area contributed by atoms with E-state index in [1.54, 1.807) is 0 Å². The van der Waals surface area contributed by atoms with Crippen LogP contribution in [0.2, 0.25) is 5.02 Å². The quantitative estimate of drug-likeness (QED) is 0.419. The van der Waals surface area contributed by atoms with Gasteiger partial charge in [0.2, 0.25) is 0 Å². The monoisotopic (exact) mass is 514 g/mol. The van der Waals surface area contributed by atoms with Crippen LogP contribution in [0.3, 0.4) is 0 Å². The van der Waals surface area contributed by atoms with Crippen LogP contribution in [-0.2, 0) is 6.54 Å². The van der Waals surface area contributed by atoms with Crippen molar-refractivity contribution in [3.63, 3.8) is 0 Å². The maximum Gasteiger partial charge on any atom is 0.147 e. The lowest BCUT2D eigenvalue weighted by atomic mass is 10.1. The van der Waals surface area contributed by atoms with Crippen molar-refractivity contribution in [1.82, 2.24) is 0 Å². The van der Waals surface area contributed by atoms with Gasteiger partial charge in [-0.25, -0.2) is 0 Å². The molecule has 1 aliphatic heterocycles. The highest BCUT2D eigenvalue weighted by atomic mass is 79.9. The molecule has 0 aromatic heterocycles. The second kappa shape index (κ2) is 10.0. The van der Waals surface area contributed by atoms with Crippen LogP contribution in [-0.4, -0.2) is 19.7 Å². The van der Waals surface area contributed by atoms with Crippen molar-refractivity contribution in [3.8, 4) is 5.75 Å². The fraction of sp³-hybridized carbons (Fsp3) is 0.429. The second-order valence-corrected chi connectivity index (χ2v) is 8.92. The van der Waals surface area contributed by atoms with Crippen LogP contribution in [0.15, 0.2) is 39.3 Å². The lowest BCUT2D eigenvalue weighted by Crippen LogP contribution is -2.29. The van der Waals surface area contributed by atoms with Gasteiger partial charge in [0.15, 0.2) is 0 Å². The predicted molar refractivity (Wildman–Crippen MR) is 122 cm³/mol. The summed E-state index contributed by atoms with van der Waals surface area (Å²) in [5, 5.41) is 4.28. The molecule has 1 fully saturated rings. The number of halogens is 3. The summed E-state index contributed by atoms with van der Waals surface area (Å²) in [6.07, 6.45) is 4.80. The van der Waals surface area contributed by atoms with Crippen molar-refractivity contribution in [2.45, 2.75) is 39.2 Å². The van der Waals surface area contributed by atoms with Crippen LogP contribution >= 0.6 is 43.5 Å². The number of ether oxygens (including phenoxy) is 1. The molecule has 2 aromatic carbocycles. The highest BCUT2D eigenvalue weighted by molar-refractivity contribution is 9.11. The highest BCUT2D eigenvalue weighted by Crippen LogP contribution is 2.35. The number of anilines is 2. The SMILES string of the molecule is CCCOc1c(Br)cc(CNc2ccc(N3CCCCC3)c(Cl)c2)cc1Br. The average molecular weight is 517 g/mol. The minimum Gasteiger partial charge on any atom is -0.491 e. The highest BCUT2D eigenvalue weighted by Gasteiger charge is 2.14. The number of piperidine rings is 1. The molecule has 1 saturated heterocycles. The number of hydrogen-bond acceptors (Lipinski definition) is 3. The summed E-state index contributed by atoms with van der Waals surface area (Å²) in [6, 6.07) is 10.4. The smallest absolute Gasteiger partial charge is 0.147 e. The molecule has 3 rings (SSSR count). The number of hydrogen-bond donors (Lipinski definition) is 1. The molecule has 1 N–H and O–H groups in total. The molecule has 0 amide bonds. The Morgan fingerprint density at radius 3 is 2.41 bits per heavy atom. The van der Waals surface area contributed by atoms with Gasteiger partial charge in [0.1, 0.15) is 5.75 Å². The summed E-state index contributed by atoms with van der Waals surface area (Å²) in [5.74, 6) is 0.856. The van der Waals surface area contributed by atoms with E-state index in [9.17, 15) is 0 Å². The normalized spacial score (nSPS) is 14.3. The van der Waals surface area contributed by atoms with E-state index in [2.05, 4.69) is 73.3 Å². The molecule has 146 valence electrons. The second-order valence-electron chi connectivity index (χ2n) is 6.80. The van der Waals surface area contributed by atoms with Crippen molar-refractivity contribution in [2.75, 3.05) is 29.9 Å². The van der Waals surface area contributed by atoms with Crippen LogP contribution in [0, 0.1) is 0 Å². The zero-order valence-corrected chi connectivity index (χ0v) is 19.5. The van der Waals surface area contributed by atoms with Crippen molar-refractivity contribution < 1.29 is 4.74 Å². The Morgan fingerprint density at radius 2 is 1.78 bits per heavy atom. The van der Waals surface area contributed by atoms with Crippen LogP contribution in [0.4, 0.5) is 11.4 Å². The molecule has 0 spiro atoms. The maximum absolute atomic E-state index is 6.55. The Balaban J connectivity index is 1.65. The third-order valence-corrected chi connectivity index (χ3v) is 6.13. The summed E-state index contributed by atoms with van der Waals surface area (Å²) in [5.41, 5.74) is 3.33. The zero-order chi connectivity index (χ0) is 19.2. The number of nitrogens with one attached hydrogen (secondary N) is 1. The van der Waals surface area contributed by atoms with Gasteiger partial charge in [-0.2, -0.15) is 0 Å². The van der Waals surface area contributed by atoms with E-state index in [0.717, 1.165) is 56.2 Å². The fourth-order valence-corrected chi connectivity index (χ4v) is 5.08. The Labute approximate surface area is 183 Å². The first-order valence-corrected chi connectivity index (χ1v) is 11.4.